The molecular weight excluding hydrogens is 218 g/mol. The van der Waals surface area contributed by atoms with Crippen molar-refractivity contribution in [3.8, 4) is 11.4 Å². The van der Waals surface area contributed by atoms with Crippen LogP contribution in [0.1, 0.15) is 12.1 Å². The first kappa shape index (κ1) is 11.2. The Kier molecular flexibility index (Phi) is 3.40. The zero-order valence-corrected chi connectivity index (χ0v) is 9.08. The first-order valence-electron chi connectivity index (χ1n) is 5.20. The molecule has 0 saturated carbocycles. The summed E-state index contributed by atoms with van der Waals surface area (Å²) < 4.78 is 0. The van der Waals surface area contributed by atoms with E-state index in [-0.39, 0.29) is 6.42 Å². The van der Waals surface area contributed by atoms with Crippen LogP contribution in [0.2, 0.25) is 0 Å². The Labute approximate surface area is 98.2 Å². The number of rotatable bonds is 4. The molecule has 0 saturated heterocycles. The number of hydrogen-bond donors (Lipinski definition) is 1. The standard InChI is InChI=1S/C12H11N3O2/c16-11(17)2-1-10-5-8-14-12(15-10)9-3-6-13-7-4-9/h3-8H,1-2H2,(H,16,17). The van der Waals surface area contributed by atoms with Gasteiger partial charge in [-0.15, -0.1) is 0 Å². The maximum Gasteiger partial charge on any atom is 0.303 e. The first-order valence-corrected chi connectivity index (χ1v) is 5.20. The predicted molar refractivity (Wildman–Crippen MR) is 61.2 cm³/mol. The van der Waals surface area contributed by atoms with E-state index in [9.17, 15) is 4.79 Å². The van der Waals surface area contributed by atoms with Gasteiger partial charge >= 0.3 is 5.97 Å². The molecular formula is C12H11N3O2. The number of pyridine rings is 1. The van der Waals surface area contributed by atoms with Gasteiger partial charge in [-0.1, -0.05) is 0 Å². The second kappa shape index (κ2) is 5.16. The number of carbonyl (C=O) groups is 1. The minimum atomic E-state index is -0.825. The Morgan fingerprint density at radius 2 is 1.94 bits per heavy atom. The Bertz CT molecular complexity index is 514. The maximum atomic E-state index is 10.5. The van der Waals surface area contributed by atoms with Crippen molar-refractivity contribution in [2.45, 2.75) is 12.8 Å². The summed E-state index contributed by atoms with van der Waals surface area (Å²) in [4.78, 5) is 22.9. The van der Waals surface area contributed by atoms with Crippen molar-refractivity contribution in [2.75, 3.05) is 0 Å². The minimum Gasteiger partial charge on any atom is -0.481 e. The van der Waals surface area contributed by atoms with Crippen LogP contribution in [0.5, 0.6) is 0 Å². The largest absolute Gasteiger partial charge is 0.481 e. The highest BCUT2D eigenvalue weighted by molar-refractivity contribution is 5.67. The second-order valence-electron chi connectivity index (χ2n) is 3.50. The zero-order valence-electron chi connectivity index (χ0n) is 9.08. The molecule has 86 valence electrons. The van der Waals surface area contributed by atoms with Crippen LogP contribution >= 0.6 is 0 Å². The SMILES string of the molecule is O=C(O)CCc1ccnc(-c2ccncc2)n1. The number of nitrogens with zero attached hydrogens (tertiary/aromatic N) is 3. The number of aryl methyl sites for hydroxylation is 1. The second-order valence-corrected chi connectivity index (χ2v) is 3.50. The van der Waals surface area contributed by atoms with E-state index in [0.717, 1.165) is 11.3 Å². The monoisotopic (exact) mass is 229 g/mol. The molecule has 0 atom stereocenters. The van der Waals surface area contributed by atoms with Gasteiger partial charge in [0.25, 0.3) is 0 Å². The van der Waals surface area contributed by atoms with E-state index in [0.29, 0.717) is 12.2 Å². The van der Waals surface area contributed by atoms with Crippen molar-refractivity contribution in [1.29, 1.82) is 0 Å². The lowest BCUT2D eigenvalue weighted by molar-refractivity contribution is -0.136. The topological polar surface area (TPSA) is 76.0 Å². The molecule has 0 aliphatic heterocycles. The molecule has 0 unspecified atom stereocenters. The maximum absolute atomic E-state index is 10.5. The molecule has 5 nitrogen and oxygen atoms in total. The molecule has 1 N–H and O–H groups in total. The summed E-state index contributed by atoms with van der Waals surface area (Å²) in [6, 6.07) is 5.36. The molecule has 0 aliphatic rings. The lowest BCUT2D eigenvalue weighted by atomic mass is 10.2. The summed E-state index contributed by atoms with van der Waals surface area (Å²) in [5.74, 6) is -0.232. The Morgan fingerprint density at radius 3 is 2.65 bits per heavy atom. The van der Waals surface area contributed by atoms with Crippen molar-refractivity contribution in [3.05, 3.63) is 42.5 Å². The van der Waals surface area contributed by atoms with Gasteiger partial charge in [0, 0.05) is 36.3 Å². The lowest BCUT2D eigenvalue weighted by Crippen LogP contribution is -2.00. The van der Waals surface area contributed by atoms with E-state index in [1.807, 2.05) is 12.1 Å². The van der Waals surface area contributed by atoms with Gasteiger partial charge in [-0.2, -0.15) is 0 Å². The lowest BCUT2D eigenvalue weighted by Gasteiger charge is -2.02. The third-order valence-corrected chi connectivity index (χ3v) is 2.25. The van der Waals surface area contributed by atoms with Gasteiger partial charge in [-0.05, 0) is 18.2 Å². The summed E-state index contributed by atoms with van der Waals surface area (Å²) in [5.41, 5.74) is 1.60. The van der Waals surface area contributed by atoms with Gasteiger partial charge in [0.2, 0.25) is 0 Å². The van der Waals surface area contributed by atoms with Crippen LogP contribution in [-0.2, 0) is 11.2 Å². The molecule has 0 spiro atoms. The number of aromatic nitrogens is 3. The molecule has 0 bridgehead atoms. The quantitative estimate of drug-likeness (QED) is 0.860. The first-order chi connectivity index (χ1) is 8.25. The predicted octanol–water partition coefficient (Wildman–Crippen LogP) is 1.56. The number of aliphatic carboxylic acids is 1. The molecule has 0 aliphatic carbocycles. The fraction of sp³-hybridized carbons (Fsp3) is 0.167. The summed E-state index contributed by atoms with van der Waals surface area (Å²) in [6.07, 6.45) is 5.47. The van der Waals surface area contributed by atoms with Crippen LogP contribution in [0.4, 0.5) is 0 Å². The highest BCUT2D eigenvalue weighted by atomic mass is 16.4. The fourth-order valence-electron chi connectivity index (χ4n) is 1.41. The molecule has 2 aromatic rings. The average molecular weight is 229 g/mol. The normalized spacial score (nSPS) is 10.1. The van der Waals surface area contributed by atoms with Gasteiger partial charge in [0.1, 0.15) is 0 Å². The average Bonchev–Trinajstić information content (AvgIpc) is 2.38. The highest BCUT2D eigenvalue weighted by Gasteiger charge is 2.04. The molecule has 0 amide bonds. The summed E-state index contributed by atoms with van der Waals surface area (Å²) in [5, 5.41) is 8.61. The van der Waals surface area contributed by atoms with E-state index in [1.54, 1.807) is 24.7 Å². The minimum absolute atomic E-state index is 0.0762. The van der Waals surface area contributed by atoms with E-state index >= 15 is 0 Å². The fourth-order valence-corrected chi connectivity index (χ4v) is 1.41. The molecule has 2 aromatic heterocycles. The van der Waals surface area contributed by atoms with Crippen LogP contribution in [0, 0.1) is 0 Å². The van der Waals surface area contributed by atoms with Crippen molar-refractivity contribution < 1.29 is 9.90 Å². The van der Waals surface area contributed by atoms with Crippen LogP contribution in [0.25, 0.3) is 11.4 Å². The van der Waals surface area contributed by atoms with Crippen molar-refractivity contribution in [3.63, 3.8) is 0 Å². The molecule has 0 aromatic carbocycles. The molecule has 2 heterocycles. The van der Waals surface area contributed by atoms with Crippen LogP contribution in [0.3, 0.4) is 0 Å². The zero-order chi connectivity index (χ0) is 12.1. The van der Waals surface area contributed by atoms with Gasteiger partial charge in [-0.25, -0.2) is 9.97 Å². The number of carboxylic acid groups (broad SMARTS) is 1. The van der Waals surface area contributed by atoms with Crippen molar-refractivity contribution in [1.82, 2.24) is 15.0 Å². The van der Waals surface area contributed by atoms with E-state index in [4.69, 9.17) is 5.11 Å². The van der Waals surface area contributed by atoms with Crippen LogP contribution in [0.15, 0.2) is 36.8 Å². The van der Waals surface area contributed by atoms with Crippen LogP contribution < -0.4 is 0 Å². The van der Waals surface area contributed by atoms with Gasteiger partial charge in [0.05, 0.1) is 6.42 Å². The molecule has 2 rings (SSSR count). The Morgan fingerprint density at radius 1 is 1.18 bits per heavy atom. The highest BCUT2D eigenvalue weighted by Crippen LogP contribution is 2.13. The van der Waals surface area contributed by atoms with Gasteiger partial charge in [0.15, 0.2) is 5.82 Å². The smallest absolute Gasteiger partial charge is 0.303 e. The van der Waals surface area contributed by atoms with Crippen molar-refractivity contribution >= 4 is 5.97 Å². The molecule has 0 radical (unpaired) electrons. The van der Waals surface area contributed by atoms with Crippen LogP contribution in [-0.4, -0.2) is 26.0 Å². The van der Waals surface area contributed by atoms with E-state index < -0.39 is 5.97 Å². The van der Waals surface area contributed by atoms with E-state index in [2.05, 4.69) is 15.0 Å². The number of hydrogen-bond acceptors (Lipinski definition) is 4. The third-order valence-electron chi connectivity index (χ3n) is 2.25. The van der Waals surface area contributed by atoms with Crippen molar-refractivity contribution in [2.24, 2.45) is 0 Å². The summed E-state index contributed by atoms with van der Waals surface area (Å²) >= 11 is 0. The molecule has 0 fully saturated rings. The number of carboxylic acids is 1. The molecule has 17 heavy (non-hydrogen) atoms. The van der Waals surface area contributed by atoms with Gasteiger partial charge in [-0.3, -0.25) is 9.78 Å². The summed E-state index contributed by atoms with van der Waals surface area (Å²) in [7, 11) is 0. The Balaban J connectivity index is 2.20. The molecule has 5 heteroatoms. The summed E-state index contributed by atoms with van der Waals surface area (Å²) in [6.45, 7) is 0. The Hall–Kier alpha value is -2.30. The van der Waals surface area contributed by atoms with Gasteiger partial charge < -0.3 is 5.11 Å². The third kappa shape index (κ3) is 3.07. The van der Waals surface area contributed by atoms with E-state index in [1.165, 1.54) is 0 Å².